The zero-order valence-corrected chi connectivity index (χ0v) is 19.6. The van der Waals surface area contributed by atoms with Crippen LogP contribution in [0.1, 0.15) is 109 Å². The lowest BCUT2D eigenvalue weighted by molar-refractivity contribution is -0.112. The van der Waals surface area contributed by atoms with E-state index < -0.39 is 0 Å². The van der Waals surface area contributed by atoms with Gasteiger partial charge in [0.25, 0.3) is 5.91 Å². The van der Waals surface area contributed by atoms with Crippen LogP contribution in [-0.4, -0.2) is 5.91 Å². The van der Waals surface area contributed by atoms with Crippen molar-refractivity contribution >= 4 is 11.6 Å². The summed E-state index contributed by atoms with van der Waals surface area (Å²) in [6.07, 6.45) is 19.0. The Morgan fingerprint density at radius 3 is 2.10 bits per heavy atom. The third-order valence-corrected chi connectivity index (χ3v) is 7.98. The molecule has 0 unspecified atom stereocenters. The molecular formula is C28H43NO. The van der Waals surface area contributed by atoms with Crippen molar-refractivity contribution in [3.05, 3.63) is 41.5 Å². The number of rotatable bonds is 8. The standard InChI is InChI=1S/C28H43NO/c1-4-6-7-8-22-9-11-23(12-10-22)24-13-15-25(16-14-24)26-17-19-27(20-18-26)29-28(30)21(3)5-2/h5,17-20,22-25H,4,6-16H2,1-3H3,(H,29,30)/b21-5+. The van der Waals surface area contributed by atoms with E-state index in [0.29, 0.717) is 5.92 Å². The Hall–Kier alpha value is -1.57. The SMILES string of the molecule is C/C=C(\C)C(=O)Nc1ccc(C2CCC(C3CCC(CCCCC)CC3)CC2)cc1. The fourth-order valence-corrected chi connectivity index (χ4v) is 5.75. The van der Waals surface area contributed by atoms with E-state index in [0.717, 1.165) is 29.0 Å². The lowest BCUT2D eigenvalue weighted by Gasteiger charge is -2.38. The number of nitrogens with one attached hydrogen (secondary N) is 1. The minimum Gasteiger partial charge on any atom is -0.322 e. The lowest BCUT2D eigenvalue weighted by atomic mass is 9.68. The maximum Gasteiger partial charge on any atom is 0.250 e. The second-order valence-corrected chi connectivity index (χ2v) is 9.94. The summed E-state index contributed by atoms with van der Waals surface area (Å²) < 4.78 is 0. The molecule has 0 radical (unpaired) electrons. The Kier molecular flexibility index (Phi) is 9.03. The van der Waals surface area contributed by atoms with Crippen molar-refractivity contribution in [3.8, 4) is 0 Å². The maximum absolute atomic E-state index is 12.0. The molecule has 2 nitrogen and oxygen atoms in total. The molecule has 0 spiro atoms. The van der Waals surface area contributed by atoms with Crippen LogP contribution >= 0.6 is 0 Å². The van der Waals surface area contributed by atoms with Crippen molar-refractivity contribution in [3.63, 3.8) is 0 Å². The molecule has 0 bridgehead atoms. The van der Waals surface area contributed by atoms with Crippen LogP contribution in [0, 0.1) is 17.8 Å². The van der Waals surface area contributed by atoms with Crippen LogP contribution < -0.4 is 5.32 Å². The van der Waals surface area contributed by atoms with Crippen molar-refractivity contribution in [2.24, 2.45) is 17.8 Å². The monoisotopic (exact) mass is 409 g/mol. The van der Waals surface area contributed by atoms with Crippen molar-refractivity contribution in [2.75, 3.05) is 5.32 Å². The van der Waals surface area contributed by atoms with Crippen molar-refractivity contribution in [1.29, 1.82) is 0 Å². The smallest absolute Gasteiger partial charge is 0.250 e. The molecule has 0 aliphatic heterocycles. The summed E-state index contributed by atoms with van der Waals surface area (Å²) in [5.41, 5.74) is 3.11. The van der Waals surface area contributed by atoms with E-state index >= 15 is 0 Å². The van der Waals surface area contributed by atoms with Gasteiger partial charge in [0, 0.05) is 11.3 Å². The van der Waals surface area contributed by atoms with Gasteiger partial charge in [-0.15, -0.1) is 0 Å². The number of carbonyl (C=O) groups is 1. The molecule has 0 atom stereocenters. The predicted molar refractivity (Wildman–Crippen MR) is 129 cm³/mol. The lowest BCUT2D eigenvalue weighted by Crippen LogP contribution is -2.25. The highest BCUT2D eigenvalue weighted by Gasteiger charge is 2.31. The summed E-state index contributed by atoms with van der Waals surface area (Å²) >= 11 is 0. The highest BCUT2D eigenvalue weighted by Crippen LogP contribution is 2.44. The van der Waals surface area contributed by atoms with Gasteiger partial charge in [0.15, 0.2) is 0 Å². The Labute approximate surface area is 184 Å². The number of benzene rings is 1. The first kappa shape index (κ1) is 23.1. The normalized spacial score (nSPS) is 27.6. The Morgan fingerprint density at radius 1 is 0.933 bits per heavy atom. The van der Waals surface area contributed by atoms with Gasteiger partial charge >= 0.3 is 0 Å². The highest BCUT2D eigenvalue weighted by molar-refractivity contribution is 6.03. The van der Waals surface area contributed by atoms with E-state index in [-0.39, 0.29) is 5.91 Å². The number of allylic oxidation sites excluding steroid dienone is 1. The molecule has 2 fully saturated rings. The van der Waals surface area contributed by atoms with Gasteiger partial charge in [-0.1, -0.05) is 63.7 Å². The summed E-state index contributed by atoms with van der Waals surface area (Å²) in [6, 6.07) is 8.60. The van der Waals surface area contributed by atoms with E-state index in [2.05, 4.69) is 36.5 Å². The van der Waals surface area contributed by atoms with Gasteiger partial charge < -0.3 is 5.32 Å². The van der Waals surface area contributed by atoms with Crippen LogP contribution in [0.4, 0.5) is 5.69 Å². The summed E-state index contributed by atoms with van der Waals surface area (Å²) in [5, 5.41) is 2.99. The van der Waals surface area contributed by atoms with Gasteiger partial charge in [-0.25, -0.2) is 0 Å². The first-order valence-corrected chi connectivity index (χ1v) is 12.6. The van der Waals surface area contributed by atoms with Gasteiger partial charge in [0.05, 0.1) is 0 Å². The van der Waals surface area contributed by atoms with E-state index in [1.807, 2.05) is 19.9 Å². The second kappa shape index (κ2) is 11.7. The van der Waals surface area contributed by atoms with Gasteiger partial charge in [-0.05, 0) is 93.7 Å². The quantitative estimate of drug-likeness (QED) is 0.340. The van der Waals surface area contributed by atoms with Crippen molar-refractivity contribution in [2.45, 2.75) is 104 Å². The van der Waals surface area contributed by atoms with E-state index in [1.54, 1.807) is 0 Å². The summed E-state index contributed by atoms with van der Waals surface area (Å²) in [7, 11) is 0. The molecule has 1 amide bonds. The minimum atomic E-state index is -0.00848. The molecule has 166 valence electrons. The first-order chi connectivity index (χ1) is 14.6. The van der Waals surface area contributed by atoms with Gasteiger partial charge in [0.1, 0.15) is 0 Å². The maximum atomic E-state index is 12.0. The fraction of sp³-hybridized carbons (Fsp3) is 0.679. The molecule has 30 heavy (non-hydrogen) atoms. The zero-order chi connectivity index (χ0) is 21.3. The molecule has 2 heteroatoms. The molecule has 0 saturated heterocycles. The predicted octanol–water partition coefficient (Wildman–Crippen LogP) is 8.25. The molecule has 1 aromatic carbocycles. The topological polar surface area (TPSA) is 29.1 Å². The first-order valence-electron chi connectivity index (χ1n) is 12.6. The molecule has 1 N–H and O–H groups in total. The van der Waals surface area contributed by atoms with Gasteiger partial charge in [-0.2, -0.15) is 0 Å². The third-order valence-electron chi connectivity index (χ3n) is 7.98. The van der Waals surface area contributed by atoms with Crippen LogP contribution in [0.3, 0.4) is 0 Å². The van der Waals surface area contributed by atoms with Crippen molar-refractivity contribution < 1.29 is 4.79 Å². The van der Waals surface area contributed by atoms with Crippen LogP contribution in [0.25, 0.3) is 0 Å². The van der Waals surface area contributed by atoms with Crippen LogP contribution in [0.5, 0.6) is 0 Å². The van der Waals surface area contributed by atoms with E-state index in [1.165, 1.54) is 82.6 Å². The molecule has 1 aromatic rings. The Morgan fingerprint density at radius 2 is 1.53 bits per heavy atom. The summed E-state index contributed by atoms with van der Waals surface area (Å²) in [4.78, 5) is 12.0. The third kappa shape index (κ3) is 6.46. The molecule has 2 saturated carbocycles. The highest BCUT2D eigenvalue weighted by atomic mass is 16.1. The van der Waals surface area contributed by atoms with Crippen LogP contribution in [0.15, 0.2) is 35.9 Å². The number of hydrogen-bond acceptors (Lipinski definition) is 1. The zero-order valence-electron chi connectivity index (χ0n) is 19.6. The average molecular weight is 410 g/mol. The molecular weight excluding hydrogens is 366 g/mol. The number of amides is 1. The van der Waals surface area contributed by atoms with Gasteiger partial charge in [-0.3, -0.25) is 4.79 Å². The average Bonchev–Trinajstić information content (AvgIpc) is 2.80. The second-order valence-electron chi connectivity index (χ2n) is 9.94. The van der Waals surface area contributed by atoms with E-state index in [4.69, 9.17) is 0 Å². The van der Waals surface area contributed by atoms with E-state index in [9.17, 15) is 4.79 Å². The number of unbranched alkanes of at least 4 members (excludes halogenated alkanes) is 2. The van der Waals surface area contributed by atoms with Crippen LogP contribution in [0.2, 0.25) is 0 Å². The molecule has 3 rings (SSSR count). The van der Waals surface area contributed by atoms with Crippen molar-refractivity contribution in [1.82, 2.24) is 0 Å². The molecule has 0 aromatic heterocycles. The largest absolute Gasteiger partial charge is 0.322 e. The Balaban J connectivity index is 1.42. The molecule has 0 heterocycles. The van der Waals surface area contributed by atoms with Crippen LogP contribution in [-0.2, 0) is 4.79 Å². The molecule has 2 aliphatic rings. The Bertz CT molecular complexity index is 673. The molecule has 2 aliphatic carbocycles. The summed E-state index contributed by atoms with van der Waals surface area (Å²) in [6.45, 7) is 6.06. The minimum absolute atomic E-state index is 0.00848. The van der Waals surface area contributed by atoms with Gasteiger partial charge in [0.2, 0.25) is 0 Å². The number of anilines is 1. The number of hydrogen-bond donors (Lipinski definition) is 1. The number of carbonyl (C=O) groups excluding carboxylic acids is 1. The fourth-order valence-electron chi connectivity index (χ4n) is 5.75. The summed E-state index contributed by atoms with van der Waals surface area (Å²) in [5.74, 6) is 3.69.